The topological polar surface area (TPSA) is 63.3 Å². The molecule has 0 saturated heterocycles. The van der Waals surface area contributed by atoms with Crippen LogP contribution in [0.3, 0.4) is 0 Å². The molecular formula is C11H9Cl3N4O. The minimum absolute atomic E-state index is 0.154. The van der Waals surface area contributed by atoms with Crippen molar-refractivity contribution in [2.24, 2.45) is 5.10 Å². The molecule has 0 atom stereocenters. The Morgan fingerprint density at radius 3 is 2.63 bits per heavy atom. The van der Waals surface area contributed by atoms with E-state index in [-0.39, 0.29) is 10.2 Å². The number of nitrogens with zero attached hydrogens (tertiary/aromatic N) is 3. The van der Waals surface area contributed by atoms with Gasteiger partial charge in [-0.25, -0.2) is 4.98 Å². The number of rotatable bonds is 3. The normalized spacial score (nSPS) is 11.2. The molecule has 1 N–H and O–H groups in total. The number of aryl methyl sites for hydroxylation is 2. The maximum absolute atomic E-state index is 5.95. The van der Waals surface area contributed by atoms with Crippen molar-refractivity contribution >= 4 is 46.8 Å². The van der Waals surface area contributed by atoms with E-state index in [1.807, 2.05) is 6.92 Å². The molecule has 2 aromatic heterocycles. The lowest BCUT2D eigenvalue weighted by atomic mass is 10.2. The zero-order valence-corrected chi connectivity index (χ0v) is 12.3. The number of halogens is 3. The first-order valence-corrected chi connectivity index (χ1v) is 6.36. The summed E-state index contributed by atoms with van der Waals surface area (Å²) in [5, 5.41) is 8.59. The molecular weight excluding hydrogens is 311 g/mol. The summed E-state index contributed by atoms with van der Waals surface area (Å²) in [5.41, 5.74) is 4.23. The summed E-state index contributed by atoms with van der Waals surface area (Å²) in [6, 6.07) is 1.49. The van der Waals surface area contributed by atoms with Gasteiger partial charge in [0.1, 0.15) is 10.9 Å². The Morgan fingerprint density at radius 2 is 2.00 bits per heavy atom. The van der Waals surface area contributed by atoms with Gasteiger partial charge >= 0.3 is 0 Å². The summed E-state index contributed by atoms with van der Waals surface area (Å²) in [7, 11) is 0. The molecule has 5 nitrogen and oxygen atoms in total. The third-order valence-corrected chi connectivity index (χ3v) is 3.30. The number of aromatic nitrogens is 2. The fourth-order valence-corrected chi connectivity index (χ4v) is 1.89. The highest BCUT2D eigenvalue weighted by Crippen LogP contribution is 2.28. The molecule has 0 radical (unpaired) electrons. The largest absolute Gasteiger partial charge is 0.361 e. The van der Waals surface area contributed by atoms with Crippen LogP contribution >= 0.6 is 34.8 Å². The number of hydrogen-bond acceptors (Lipinski definition) is 5. The Hall–Kier alpha value is -1.30. The Balaban J connectivity index is 2.17. The molecule has 0 aliphatic rings. The molecule has 0 spiro atoms. The number of nitrogens with one attached hydrogen (secondary N) is 1. The van der Waals surface area contributed by atoms with Crippen LogP contribution in [0.15, 0.2) is 15.7 Å². The molecule has 0 saturated carbocycles. The average molecular weight is 320 g/mol. The van der Waals surface area contributed by atoms with E-state index in [0.717, 1.165) is 11.3 Å². The van der Waals surface area contributed by atoms with Crippen LogP contribution in [0.2, 0.25) is 15.2 Å². The summed E-state index contributed by atoms with van der Waals surface area (Å²) >= 11 is 17.5. The van der Waals surface area contributed by atoms with Crippen molar-refractivity contribution in [1.29, 1.82) is 0 Å². The first-order valence-electron chi connectivity index (χ1n) is 5.22. The standard InChI is InChI=1S/C11H9Cl3N4O/c1-5-7(6(2)19-18-5)4-15-17-11-9(13)3-8(12)10(14)16-11/h3-4H,1-2H3,(H,16,17)/b15-4-. The van der Waals surface area contributed by atoms with Crippen molar-refractivity contribution in [2.45, 2.75) is 13.8 Å². The monoisotopic (exact) mass is 318 g/mol. The van der Waals surface area contributed by atoms with E-state index >= 15 is 0 Å². The molecule has 0 unspecified atom stereocenters. The lowest BCUT2D eigenvalue weighted by molar-refractivity contribution is 0.393. The van der Waals surface area contributed by atoms with Gasteiger partial charge in [0.05, 0.1) is 27.5 Å². The third-order valence-electron chi connectivity index (χ3n) is 2.34. The van der Waals surface area contributed by atoms with Gasteiger partial charge in [0.2, 0.25) is 0 Å². The van der Waals surface area contributed by atoms with Gasteiger partial charge in [-0.2, -0.15) is 5.10 Å². The van der Waals surface area contributed by atoms with Crippen LogP contribution in [0.5, 0.6) is 0 Å². The molecule has 2 heterocycles. The second-order valence-corrected chi connectivity index (χ2v) is 4.87. The van der Waals surface area contributed by atoms with Gasteiger partial charge in [0.25, 0.3) is 0 Å². The highest BCUT2D eigenvalue weighted by atomic mass is 35.5. The fourth-order valence-electron chi connectivity index (χ4n) is 1.35. The minimum atomic E-state index is 0.154. The average Bonchev–Trinajstić information content (AvgIpc) is 2.67. The summed E-state index contributed by atoms with van der Waals surface area (Å²) in [6.45, 7) is 3.62. The van der Waals surface area contributed by atoms with Crippen LogP contribution in [0.1, 0.15) is 17.0 Å². The molecule has 0 aliphatic heterocycles. The molecule has 2 aromatic rings. The smallest absolute Gasteiger partial charge is 0.166 e. The van der Waals surface area contributed by atoms with Crippen molar-refractivity contribution < 1.29 is 4.52 Å². The lowest BCUT2D eigenvalue weighted by Gasteiger charge is -2.03. The molecule has 0 bridgehead atoms. The summed E-state index contributed by atoms with van der Waals surface area (Å²) in [4.78, 5) is 3.97. The third kappa shape index (κ3) is 3.18. The SMILES string of the molecule is Cc1noc(C)c1/C=N\Nc1nc(Cl)c(Cl)cc1Cl. The van der Waals surface area contributed by atoms with E-state index in [1.165, 1.54) is 6.07 Å². The van der Waals surface area contributed by atoms with Crippen LogP contribution in [0.25, 0.3) is 0 Å². The van der Waals surface area contributed by atoms with E-state index in [9.17, 15) is 0 Å². The summed E-state index contributed by atoms with van der Waals surface area (Å²) in [6.07, 6.45) is 1.57. The van der Waals surface area contributed by atoms with E-state index in [2.05, 4.69) is 20.7 Å². The van der Waals surface area contributed by atoms with Crippen LogP contribution < -0.4 is 5.43 Å². The molecule has 19 heavy (non-hydrogen) atoms. The zero-order chi connectivity index (χ0) is 14.0. The Bertz CT molecular complexity index is 620. The molecule has 8 heteroatoms. The highest BCUT2D eigenvalue weighted by Gasteiger charge is 2.08. The van der Waals surface area contributed by atoms with Gasteiger partial charge in [-0.05, 0) is 19.9 Å². The summed E-state index contributed by atoms with van der Waals surface area (Å²) < 4.78 is 5.01. The minimum Gasteiger partial charge on any atom is -0.361 e. The molecule has 100 valence electrons. The molecule has 0 amide bonds. The van der Waals surface area contributed by atoms with Crippen molar-refractivity contribution in [3.05, 3.63) is 38.3 Å². The maximum Gasteiger partial charge on any atom is 0.166 e. The molecule has 0 aromatic carbocycles. The predicted octanol–water partition coefficient (Wildman–Crippen LogP) is 4.09. The Labute approximate surface area is 124 Å². The first-order chi connectivity index (χ1) is 8.99. The van der Waals surface area contributed by atoms with Gasteiger partial charge in [0.15, 0.2) is 5.82 Å². The maximum atomic E-state index is 5.95. The Morgan fingerprint density at radius 1 is 1.26 bits per heavy atom. The van der Waals surface area contributed by atoms with Crippen molar-refractivity contribution in [3.63, 3.8) is 0 Å². The predicted molar refractivity (Wildman–Crippen MR) is 76.5 cm³/mol. The first kappa shape index (κ1) is 14.1. The van der Waals surface area contributed by atoms with E-state index in [4.69, 9.17) is 39.3 Å². The van der Waals surface area contributed by atoms with Crippen LogP contribution in [-0.2, 0) is 0 Å². The highest BCUT2D eigenvalue weighted by molar-refractivity contribution is 6.42. The van der Waals surface area contributed by atoms with E-state index in [0.29, 0.717) is 16.6 Å². The van der Waals surface area contributed by atoms with E-state index in [1.54, 1.807) is 13.1 Å². The number of hydrazone groups is 1. The Kier molecular flexibility index (Phi) is 4.29. The second kappa shape index (κ2) is 5.77. The van der Waals surface area contributed by atoms with Crippen molar-refractivity contribution in [2.75, 3.05) is 5.43 Å². The molecule has 0 aliphatic carbocycles. The molecule has 2 rings (SSSR count). The number of hydrogen-bond donors (Lipinski definition) is 1. The van der Waals surface area contributed by atoms with E-state index < -0.39 is 0 Å². The van der Waals surface area contributed by atoms with Gasteiger partial charge < -0.3 is 4.52 Å². The van der Waals surface area contributed by atoms with Gasteiger partial charge in [-0.15, -0.1) is 0 Å². The van der Waals surface area contributed by atoms with Crippen LogP contribution in [-0.4, -0.2) is 16.4 Å². The zero-order valence-electron chi connectivity index (χ0n) is 10.0. The number of pyridine rings is 1. The van der Waals surface area contributed by atoms with Gasteiger partial charge in [-0.1, -0.05) is 40.0 Å². The van der Waals surface area contributed by atoms with Crippen molar-refractivity contribution in [1.82, 2.24) is 10.1 Å². The fraction of sp³-hybridized carbons (Fsp3) is 0.182. The van der Waals surface area contributed by atoms with Gasteiger partial charge in [-0.3, -0.25) is 5.43 Å². The van der Waals surface area contributed by atoms with Crippen LogP contribution in [0.4, 0.5) is 5.82 Å². The van der Waals surface area contributed by atoms with Crippen LogP contribution in [0, 0.1) is 13.8 Å². The molecule has 0 fully saturated rings. The lowest BCUT2D eigenvalue weighted by Crippen LogP contribution is -1.96. The summed E-state index contributed by atoms with van der Waals surface area (Å²) in [5.74, 6) is 0.996. The van der Waals surface area contributed by atoms with Crippen molar-refractivity contribution in [3.8, 4) is 0 Å². The quantitative estimate of drug-likeness (QED) is 0.526. The van der Waals surface area contributed by atoms with Gasteiger partial charge in [0, 0.05) is 0 Å². The number of anilines is 1. The second-order valence-electron chi connectivity index (χ2n) is 3.70.